The standard InChI is InChI=1S/C19H24N2O/c1-14(2)22-13-17-20-18(15-9-5-3-6-10-15)19(21-17)16-11-7-4-8-12-16/h3-11,14,16,18-19H,12-13H2,1-2H3,(H,20,21)/t16?,18-,19+/m1/s1. The Bertz CT molecular complexity index is 574. The molecule has 0 fully saturated rings. The van der Waals surface area contributed by atoms with Gasteiger partial charge in [-0.1, -0.05) is 54.6 Å². The lowest BCUT2D eigenvalue weighted by Crippen LogP contribution is -2.39. The lowest BCUT2D eigenvalue weighted by Gasteiger charge is -2.26. The fraction of sp³-hybridized carbons (Fsp3) is 0.421. The van der Waals surface area contributed by atoms with Crippen LogP contribution in [0.2, 0.25) is 0 Å². The second-order valence-electron chi connectivity index (χ2n) is 6.17. The molecule has 0 saturated heterocycles. The van der Waals surface area contributed by atoms with Crippen LogP contribution in [-0.4, -0.2) is 24.6 Å². The van der Waals surface area contributed by atoms with E-state index in [4.69, 9.17) is 9.73 Å². The fourth-order valence-corrected chi connectivity index (χ4v) is 3.02. The summed E-state index contributed by atoms with van der Waals surface area (Å²) in [6, 6.07) is 11.0. The molecule has 1 aliphatic carbocycles. The van der Waals surface area contributed by atoms with E-state index in [1.807, 2.05) is 0 Å². The first-order valence-electron chi connectivity index (χ1n) is 8.07. The smallest absolute Gasteiger partial charge is 0.124 e. The number of allylic oxidation sites excluding steroid dienone is 3. The molecular weight excluding hydrogens is 272 g/mol. The summed E-state index contributed by atoms with van der Waals surface area (Å²) in [5.74, 6) is 1.44. The van der Waals surface area contributed by atoms with Gasteiger partial charge in [-0.25, -0.2) is 0 Å². The van der Waals surface area contributed by atoms with Gasteiger partial charge in [-0.2, -0.15) is 0 Å². The Balaban J connectivity index is 1.79. The number of hydrogen-bond donors (Lipinski definition) is 1. The van der Waals surface area contributed by atoms with Crippen molar-refractivity contribution < 1.29 is 4.74 Å². The molecule has 2 aliphatic rings. The summed E-state index contributed by atoms with van der Waals surface area (Å²) in [5, 5.41) is 3.60. The average molecular weight is 296 g/mol. The van der Waals surface area contributed by atoms with Crippen LogP contribution < -0.4 is 5.32 Å². The van der Waals surface area contributed by atoms with Crippen LogP contribution in [0, 0.1) is 5.92 Å². The summed E-state index contributed by atoms with van der Waals surface area (Å²) in [6.45, 7) is 4.66. The highest BCUT2D eigenvalue weighted by atomic mass is 16.5. The molecule has 1 aliphatic heterocycles. The zero-order valence-corrected chi connectivity index (χ0v) is 13.3. The molecular formula is C19H24N2O. The van der Waals surface area contributed by atoms with Crippen LogP contribution in [0.15, 0.2) is 59.6 Å². The molecule has 1 unspecified atom stereocenters. The number of amidine groups is 1. The Kier molecular flexibility index (Phi) is 4.74. The maximum absolute atomic E-state index is 5.72. The molecule has 116 valence electrons. The number of aliphatic imine (C=N–C) groups is 1. The van der Waals surface area contributed by atoms with E-state index >= 15 is 0 Å². The zero-order chi connectivity index (χ0) is 15.4. The van der Waals surface area contributed by atoms with Gasteiger partial charge in [0.1, 0.15) is 12.4 Å². The Labute approximate surface area is 132 Å². The van der Waals surface area contributed by atoms with E-state index in [1.54, 1.807) is 0 Å². The fourth-order valence-electron chi connectivity index (χ4n) is 3.02. The van der Waals surface area contributed by atoms with Crippen molar-refractivity contribution in [2.45, 2.75) is 38.5 Å². The number of rotatable bonds is 5. The van der Waals surface area contributed by atoms with E-state index in [-0.39, 0.29) is 12.1 Å². The first-order valence-corrected chi connectivity index (χ1v) is 8.07. The van der Waals surface area contributed by atoms with Gasteiger partial charge >= 0.3 is 0 Å². The second-order valence-corrected chi connectivity index (χ2v) is 6.17. The van der Waals surface area contributed by atoms with Crippen molar-refractivity contribution in [3.8, 4) is 0 Å². The van der Waals surface area contributed by atoms with Crippen molar-refractivity contribution in [3.05, 3.63) is 60.2 Å². The summed E-state index contributed by atoms with van der Waals surface area (Å²) in [4.78, 5) is 4.91. The van der Waals surface area contributed by atoms with Gasteiger partial charge in [0.25, 0.3) is 0 Å². The average Bonchev–Trinajstić information content (AvgIpc) is 2.99. The third-order valence-corrected chi connectivity index (χ3v) is 4.14. The zero-order valence-electron chi connectivity index (χ0n) is 13.3. The molecule has 0 spiro atoms. The molecule has 0 amide bonds. The van der Waals surface area contributed by atoms with Gasteiger partial charge in [-0.05, 0) is 25.8 Å². The quantitative estimate of drug-likeness (QED) is 0.899. The predicted octanol–water partition coefficient (Wildman–Crippen LogP) is 3.66. The van der Waals surface area contributed by atoms with Gasteiger partial charge in [0, 0.05) is 5.92 Å². The minimum absolute atomic E-state index is 0.160. The van der Waals surface area contributed by atoms with E-state index in [9.17, 15) is 0 Å². The van der Waals surface area contributed by atoms with E-state index < -0.39 is 0 Å². The van der Waals surface area contributed by atoms with Crippen molar-refractivity contribution in [2.24, 2.45) is 10.9 Å². The molecule has 1 heterocycles. The Morgan fingerprint density at radius 3 is 2.73 bits per heavy atom. The van der Waals surface area contributed by atoms with E-state index in [0.29, 0.717) is 18.6 Å². The topological polar surface area (TPSA) is 33.6 Å². The highest BCUT2D eigenvalue weighted by Gasteiger charge is 2.34. The van der Waals surface area contributed by atoms with Crippen LogP contribution >= 0.6 is 0 Å². The number of benzene rings is 1. The van der Waals surface area contributed by atoms with E-state index in [1.165, 1.54) is 5.56 Å². The molecule has 1 aromatic rings. The van der Waals surface area contributed by atoms with Crippen molar-refractivity contribution >= 4 is 5.84 Å². The van der Waals surface area contributed by atoms with E-state index in [0.717, 1.165) is 12.3 Å². The third-order valence-electron chi connectivity index (χ3n) is 4.14. The maximum Gasteiger partial charge on any atom is 0.124 e. The second kappa shape index (κ2) is 6.93. The van der Waals surface area contributed by atoms with Crippen LogP contribution in [0.25, 0.3) is 0 Å². The molecule has 0 bridgehead atoms. The van der Waals surface area contributed by atoms with Crippen molar-refractivity contribution in [1.82, 2.24) is 5.32 Å². The van der Waals surface area contributed by atoms with Crippen LogP contribution in [0.3, 0.4) is 0 Å². The number of nitrogens with one attached hydrogen (secondary N) is 1. The predicted molar refractivity (Wildman–Crippen MR) is 91.0 cm³/mol. The molecule has 0 saturated carbocycles. The molecule has 3 atom stereocenters. The molecule has 1 N–H and O–H groups in total. The maximum atomic E-state index is 5.72. The van der Waals surface area contributed by atoms with Crippen molar-refractivity contribution in [1.29, 1.82) is 0 Å². The summed E-state index contributed by atoms with van der Waals surface area (Å²) < 4.78 is 5.72. The van der Waals surface area contributed by atoms with Gasteiger partial charge in [-0.3, -0.25) is 4.99 Å². The van der Waals surface area contributed by atoms with Crippen LogP contribution in [0.5, 0.6) is 0 Å². The molecule has 0 radical (unpaired) electrons. The molecule has 3 rings (SSSR count). The lowest BCUT2D eigenvalue weighted by atomic mass is 9.86. The van der Waals surface area contributed by atoms with E-state index in [2.05, 4.69) is 73.8 Å². The molecule has 3 heteroatoms. The van der Waals surface area contributed by atoms with Gasteiger partial charge in [0.2, 0.25) is 0 Å². The van der Waals surface area contributed by atoms with Gasteiger partial charge in [0.15, 0.2) is 0 Å². The summed E-state index contributed by atoms with van der Waals surface area (Å²) in [6.07, 6.45) is 10.1. The van der Waals surface area contributed by atoms with Gasteiger partial charge in [-0.15, -0.1) is 0 Å². The first-order chi connectivity index (χ1) is 10.7. The number of hydrogen-bond acceptors (Lipinski definition) is 3. The van der Waals surface area contributed by atoms with Crippen LogP contribution in [-0.2, 0) is 4.74 Å². The van der Waals surface area contributed by atoms with Crippen molar-refractivity contribution in [2.75, 3.05) is 6.61 Å². The largest absolute Gasteiger partial charge is 0.371 e. The number of ether oxygens (including phenoxy) is 1. The molecule has 1 aromatic carbocycles. The summed E-state index contributed by atoms with van der Waals surface area (Å²) >= 11 is 0. The Morgan fingerprint density at radius 1 is 1.23 bits per heavy atom. The van der Waals surface area contributed by atoms with Crippen LogP contribution in [0.1, 0.15) is 31.9 Å². The number of nitrogens with zero attached hydrogens (tertiary/aromatic N) is 1. The normalized spacial score (nSPS) is 27.0. The first kappa shape index (κ1) is 15.0. The Hall–Kier alpha value is -1.87. The van der Waals surface area contributed by atoms with Crippen molar-refractivity contribution in [3.63, 3.8) is 0 Å². The SMILES string of the molecule is CC(C)OCC1=N[C@H](c2ccccc2)[C@H](C2C=CC=CC2)N1. The minimum Gasteiger partial charge on any atom is -0.371 e. The highest BCUT2D eigenvalue weighted by Crippen LogP contribution is 2.33. The molecule has 22 heavy (non-hydrogen) atoms. The summed E-state index contributed by atoms with van der Waals surface area (Å²) in [5.41, 5.74) is 1.27. The minimum atomic E-state index is 0.160. The third kappa shape index (κ3) is 3.47. The highest BCUT2D eigenvalue weighted by molar-refractivity contribution is 5.86. The van der Waals surface area contributed by atoms with Gasteiger partial charge < -0.3 is 10.1 Å². The molecule has 0 aromatic heterocycles. The Morgan fingerprint density at radius 2 is 2.05 bits per heavy atom. The van der Waals surface area contributed by atoms with Crippen LogP contribution in [0.4, 0.5) is 0 Å². The molecule has 3 nitrogen and oxygen atoms in total. The summed E-state index contributed by atoms with van der Waals surface area (Å²) in [7, 11) is 0. The van der Waals surface area contributed by atoms with Gasteiger partial charge in [0.05, 0.1) is 18.2 Å². The monoisotopic (exact) mass is 296 g/mol. The lowest BCUT2D eigenvalue weighted by molar-refractivity contribution is 0.109.